The molecular formula is C9H5F3O3. The fourth-order valence-corrected chi connectivity index (χ4v) is 1.05. The Morgan fingerprint density at radius 3 is 2.33 bits per heavy atom. The largest absolute Gasteiger partial charge is 0.478 e. The number of halogens is 3. The normalized spacial score (nSPS) is 11.1. The Bertz CT molecular complexity index is 410. The van der Waals surface area contributed by atoms with Crippen molar-refractivity contribution in [1.82, 2.24) is 0 Å². The second-order valence-electron chi connectivity index (χ2n) is 2.72. The summed E-state index contributed by atoms with van der Waals surface area (Å²) in [5.74, 6) is -1.38. The molecule has 0 atom stereocenters. The van der Waals surface area contributed by atoms with Crippen LogP contribution in [0, 0.1) is 0 Å². The Morgan fingerprint density at radius 1 is 1.33 bits per heavy atom. The molecule has 1 aromatic rings. The molecule has 1 rings (SSSR count). The lowest BCUT2D eigenvalue weighted by Gasteiger charge is -2.09. The molecule has 80 valence electrons. The Kier molecular flexibility index (Phi) is 2.78. The van der Waals surface area contributed by atoms with Gasteiger partial charge in [0.2, 0.25) is 0 Å². The summed E-state index contributed by atoms with van der Waals surface area (Å²) in [5, 5.41) is 8.50. The quantitative estimate of drug-likeness (QED) is 0.774. The lowest BCUT2D eigenvalue weighted by Crippen LogP contribution is -2.10. The van der Waals surface area contributed by atoms with Crippen LogP contribution in [0.2, 0.25) is 0 Å². The standard InChI is InChI=1S/C9H5F3O3/c10-9(11,12)7-2-1-5(8(14)15)3-6(7)4-13/h1-4H,(H,14,15). The third kappa shape index (κ3) is 2.34. The van der Waals surface area contributed by atoms with Crippen molar-refractivity contribution in [3.05, 3.63) is 34.9 Å². The second kappa shape index (κ2) is 3.72. The Morgan fingerprint density at radius 2 is 1.93 bits per heavy atom. The lowest BCUT2D eigenvalue weighted by molar-refractivity contribution is -0.137. The third-order valence-electron chi connectivity index (χ3n) is 1.73. The molecule has 0 aromatic heterocycles. The topological polar surface area (TPSA) is 54.4 Å². The lowest BCUT2D eigenvalue weighted by atomic mass is 10.0. The first-order chi connectivity index (χ1) is 6.86. The predicted molar refractivity (Wildman–Crippen MR) is 43.8 cm³/mol. The minimum absolute atomic E-state index is 0.0186. The van der Waals surface area contributed by atoms with Gasteiger partial charge in [-0.15, -0.1) is 0 Å². The second-order valence-corrected chi connectivity index (χ2v) is 2.72. The average molecular weight is 218 g/mol. The monoisotopic (exact) mass is 218 g/mol. The van der Waals surface area contributed by atoms with Crippen molar-refractivity contribution in [3.63, 3.8) is 0 Å². The average Bonchev–Trinajstić information content (AvgIpc) is 2.15. The van der Waals surface area contributed by atoms with Crippen molar-refractivity contribution in [1.29, 1.82) is 0 Å². The Hall–Kier alpha value is -1.85. The molecule has 0 aliphatic carbocycles. The molecule has 0 spiro atoms. The molecule has 0 saturated carbocycles. The van der Waals surface area contributed by atoms with Gasteiger partial charge in [0.05, 0.1) is 11.1 Å². The van der Waals surface area contributed by atoms with Crippen LogP contribution in [0.4, 0.5) is 13.2 Å². The first kappa shape index (κ1) is 11.2. The smallest absolute Gasteiger partial charge is 0.417 e. The maximum Gasteiger partial charge on any atom is 0.417 e. The highest BCUT2D eigenvalue weighted by atomic mass is 19.4. The van der Waals surface area contributed by atoms with Crippen LogP contribution >= 0.6 is 0 Å². The van der Waals surface area contributed by atoms with E-state index in [9.17, 15) is 22.8 Å². The zero-order valence-electron chi connectivity index (χ0n) is 7.21. The molecule has 0 heterocycles. The van der Waals surface area contributed by atoms with Gasteiger partial charge < -0.3 is 5.11 Å². The molecule has 15 heavy (non-hydrogen) atoms. The summed E-state index contributed by atoms with van der Waals surface area (Å²) >= 11 is 0. The van der Waals surface area contributed by atoms with Crippen LogP contribution in [-0.4, -0.2) is 17.4 Å². The molecule has 0 fully saturated rings. The van der Waals surface area contributed by atoms with Gasteiger partial charge in [0.1, 0.15) is 0 Å². The van der Waals surface area contributed by atoms with Gasteiger partial charge in [0, 0.05) is 5.56 Å². The van der Waals surface area contributed by atoms with Gasteiger partial charge in [0.15, 0.2) is 6.29 Å². The van der Waals surface area contributed by atoms with Crippen LogP contribution in [0.3, 0.4) is 0 Å². The summed E-state index contributed by atoms with van der Waals surface area (Å²) in [7, 11) is 0. The molecule has 3 nitrogen and oxygen atoms in total. The van der Waals surface area contributed by atoms with Crippen LogP contribution in [0.1, 0.15) is 26.3 Å². The molecule has 1 N–H and O–H groups in total. The van der Waals surface area contributed by atoms with Crippen LogP contribution in [0.25, 0.3) is 0 Å². The number of rotatable bonds is 2. The summed E-state index contributed by atoms with van der Waals surface area (Å²) < 4.78 is 36.8. The van der Waals surface area contributed by atoms with E-state index in [1.807, 2.05) is 0 Å². The number of carboxylic acids is 1. The number of aromatic carboxylic acids is 1. The number of benzene rings is 1. The number of carbonyl (C=O) groups is 2. The van der Waals surface area contributed by atoms with Gasteiger partial charge in [-0.25, -0.2) is 4.79 Å². The summed E-state index contributed by atoms with van der Waals surface area (Å²) in [6.45, 7) is 0. The van der Waals surface area contributed by atoms with E-state index in [1.54, 1.807) is 0 Å². The highest BCUT2D eigenvalue weighted by Crippen LogP contribution is 2.31. The summed E-state index contributed by atoms with van der Waals surface area (Å²) in [4.78, 5) is 20.8. The first-order valence-electron chi connectivity index (χ1n) is 3.76. The van der Waals surface area contributed by atoms with Gasteiger partial charge in [-0.2, -0.15) is 13.2 Å². The highest BCUT2D eigenvalue weighted by molar-refractivity contribution is 5.90. The molecule has 0 saturated heterocycles. The van der Waals surface area contributed by atoms with Gasteiger partial charge >= 0.3 is 12.1 Å². The number of alkyl halides is 3. The van der Waals surface area contributed by atoms with E-state index in [2.05, 4.69) is 0 Å². The molecule has 0 aliphatic rings. The number of carboxylic acid groups (broad SMARTS) is 1. The van der Waals surface area contributed by atoms with Crippen molar-refractivity contribution in [2.75, 3.05) is 0 Å². The zero-order valence-corrected chi connectivity index (χ0v) is 7.21. The summed E-state index contributed by atoms with van der Waals surface area (Å²) in [5.41, 5.74) is -2.17. The number of hydrogen-bond donors (Lipinski definition) is 1. The van der Waals surface area contributed by atoms with E-state index in [0.717, 1.165) is 6.07 Å². The predicted octanol–water partition coefficient (Wildman–Crippen LogP) is 2.22. The van der Waals surface area contributed by atoms with E-state index in [-0.39, 0.29) is 11.8 Å². The molecule has 1 aromatic carbocycles. The fourth-order valence-electron chi connectivity index (χ4n) is 1.05. The first-order valence-corrected chi connectivity index (χ1v) is 3.76. The highest BCUT2D eigenvalue weighted by Gasteiger charge is 2.33. The maximum absolute atomic E-state index is 12.3. The van der Waals surface area contributed by atoms with E-state index in [4.69, 9.17) is 5.11 Å². The molecule has 0 aliphatic heterocycles. The van der Waals surface area contributed by atoms with Crippen LogP contribution in [0.15, 0.2) is 18.2 Å². The molecule has 0 amide bonds. The van der Waals surface area contributed by atoms with Crippen molar-refractivity contribution in [2.24, 2.45) is 0 Å². The van der Waals surface area contributed by atoms with Crippen molar-refractivity contribution in [3.8, 4) is 0 Å². The zero-order chi connectivity index (χ0) is 11.6. The minimum atomic E-state index is -4.66. The molecule has 0 bridgehead atoms. The van der Waals surface area contributed by atoms with Crippen molar-refractivity contribution < 1.29 is 27.9 Å². The van der Waals surface area contributed by atoms with Crippen molar-refractivity contribution in [2.45, 2.75) is 6.18 Å². The maximum atomic E-state index is 12.3. The number of carbonyl (C=O) groups excluding carboxylic acids is 1. The van der Waals surface area contributed by atoms with Crippen LogP contribution in [0.5, 0.6) is 0 Å². The van der Waals surface area contributed by atoms with Gasteiger partial charge in [-0.05, 0) is 18.2 Å². The van der Waals surface area contributed by atoms with Gasteiger partial charge in [-0.3, -0.25) is 4.79 Å². The number of aldehydes is 1. The van der Waals surface area contributed by atoms with E-state index in [0.29, 0.717) is 12.1 Å². The SMILES string of the molecule is O=Cc1cc(C(=O)O)ccc1C(F)(F)F. The fraction of sp³-hybridized carbons (Fsp3) is 0.111. The molecule has 0 radical (unpaired) electrons. The third-order valence-corrected chi connectivity index (χ3v) is 1.73. The molecular weight excluding hydrogens is 213 g/mol. The molecule has 0 unspecified atom stereocenters. The Balaban J connectivity index is 3.33. The van der Waals surface area contributed by atoms with Gasteiger partial charge in [0.25, 0.3) is 0 Å². The van der Waals surface area contributed by atoms with E-state index >= 15 is 0 Å². The summed E-state index contributed by atoms with van der Waals surface area (Å²) in [6, 6.07) is 2.07. The molecule has 6 heteroatoms. The van der Waals surface area contributed by atoms with E-state index in [1.165, 1.54) is 0 Å². The number of hydrogen-bond acceptors (Lipinski definition) is 2. The van der Waals surface area contributed by atoms with Crippen LogP contribution in [-0.2, 0) is 6.18 Å². The Labute approximate surface area is 82.1 Å². The van der Waals surface area contributed by atoms with Crippen molar-refractivity contribution >= 4 is 12.3 Å². The van der Waals surface area contributed by atoms with Gasteiger partial charge in [-0.1, -0.05) is 0 Å². The summed E-state index contributed by atoms with van der Waals surface area (Å²) in [6.07, 6.45) is -4.68. The van der Waals surface area contributed by atoms with E-state index < -0.39 is 23.3 Å². The van der Waals surface area contributed by atoms with Crippen LogP contribution < -0.4 is 0 Å². The minimum Gasteiger partial charge on any atom is -0.478 e.